The molecule has 1 aromatic heterocycles. The van der Waals surface area contributed by atoms with E-state index < -0.39 is 10.0 Å². The second kappa shape index (κ2) is 8.58. The number of rotatable bonds is 8. The first-order valence-electron chi connectivity index (χ1n) is 9.23. The molecule has 0 atom stereocenters. The average Bonchev–Trinajstić information content (AvgIpc) is 3.07. The Kier molecular flexibility index (Phi) is 6.16. The molecule has 0 aliphatic rings. The molecule has 0 unspecified atom stereocenters. The summed E-state index contributed by atoms with van der Waals surface area (Å²) in [6.07, 6.45) is 2.66. The number of fused-ring (bicyclic) bond motifs is 1. The Morgan fingerprint density at radius 1 is 1.11 bits per heavy atom. The molecule has 3 aromatic rings. The number of aromatic amines is 1. The van der Waals surface area contributed by atoms with Crippen molar-refractivity contribution in [1.82, 2.24) is 14.6 Å². The smallest absolute Gasteiger partial charge is 0.240 e. The summed E-state index contributed by atoms with van der Waals surface area (Å²) >= 11 is 0. The zero-order valence-electron chi connectivity index (χ0n) is 16.1. The zero-order valence-corrected chi connectivity index (χ0v) is 16.9. The summed E-state index contributed by atoms with van der Waals surface area (Å²) in [5.41, 5.74) is 3.09. The largest absolute Gasteiger partial charge is 0.361 e. The normalized spacial score (nSPS) is 11.6. The van der Waals surface area contributed by atoms with Crippen molar-refractivity contribution in [2.45, 2.75) is 25.2 Å². The molecule has 7 heteroatoms. The molecule has 1 amide bonds. The van der Waals surface area contributed by atoms with Gasteiger partial charge in [0.2, 0.25) is 15.9 Å². The van der Waals surface area contributed by atoms with Gasteiger partial charge in [0, 0.05) is 43.7 Å². The van der Waals surface area contributed by atoms with E-state index in [9.17, 15) is 13.2 Å². The number of nitrogens with one attached hydrogen (secondary N) is 2. The highest BCUT2D eigenvalue weighted by Gasteiger charge is 2.15. The van der Waals surface area contributed by atoms with E-state index in [0.717, 1.165) is 22.0 Å². The fraction of sp³-hybridized carbons (Fsp3) is 0.286. The first-order valence-corrected chi connectivity index (χ1v) is 10.7. The number of aromatic nitrogens is 1. The van der Waals surface area contributed by atoms with E-state index >= 15 is 0 Å². The van der Waals surface area contributed by atoms with Crippen molar-refractivity contribution < 1.29 is 13.2 Å². The van der Waals surface area contributed by atoms with Crippen LogP contribution >= 0.6 is 0 Å². The van der Waals surface area contributed by atoms with E-state index in [0.29, 0.717) is 19.5 Å². The number of carbonyl (C=O) groups excluding carboxylic acids is 1. The van der Waals surface area contributed by atoms with Crippen LogP contribution in [-0.4, -0.2) is 43.8 Å². The lowest BCUT2D eigenvalue weighted by molar-refractivity contribution is -0.128. The fourth-order valence-electron chi connectivity index (χ4n) is 3.20. The second-order valence-corrected chi connectivity index (χ2v) is 8.60. The van der Waals surface area contributed by atoms with Crippen LogP contribution in [0.4, 0.5) is 0 Å². The van der Waals surface area contributed by atoms with Crippen molar-refractivity contribution in [2.75, 3.05) is 19.6 Å². The van der Waals surface area contributed by atoms with E-state index in [-0.39, 0.29) is 17.3 Å². The maximum absolute atomic E-state index is 12.4. The summed E-state index contributed by atoms with van der Waals surface area (Å²) < 4.78 is 27.4. The van der Waals surface area contributed by atoms with Crippen molar-refractivity contribution in [3.05, 3.63) is 65.9 Å². The summed E-state index contributed by atoms with van der Waals surface area (Å²) in [5, 5.41) is 1.14. The molecule has 1 heterocycles. The molecule has 0 bridgehead atoms. The van der Waals surface area contributed by atoms with E-state index in [1.165, 1.54) is 6.92 Å². The Morgan fingerprint density at radius 2 is 1.89 bits per heavy atom. The third-order valence-corrected chi connectivity index (χ3v) is 6.20. The van der Waals surface area contributed by atoms with E-state index in [2.05, 4.69) is 15.8 Å². The molecule has 0 saturated carbocycles. The van der Waals surface area contributed by atoms with Crippen LogP contribution in [0.25, 0.3) is 10.9 Å². The summed E-state index contributed by atoms with van der Waals surface area (Å²) in [7, 11) is -3.58. The Hall–Kier alpha value is -2.64. The quantitative estimate of drug-likeness (QED) is 0.611. The summed E-state index contributed by atoms with van der Waals surface area (Å²) in [6, 6.07) is 14.8. The minimum Gasteiger partial charge on any atom is -0.361 e. The molecule has 28 heavy (non-hydrogen) atoms. The fourth-order valence-corrected chi connectivity index (χ4v) is 4.33. The zero-order chi connectivity index (χ0) is 20.1. The number of para-hydroxylation sites is 1. The highest BCUT2D eigenvalue weighted by Crippen LogP contribution is 2.18. The van der Waals surface area contributed by atoms with Gasteiger partial charge < -0.3 is 9.88 Å². The van der Waals surface area contributed by atoms with E-state index in [1.54, 1.807) is 23.1 Å². The van der Waals surface area contributed by atoms with Gasteiger partial charge in [-0.25, -0.2) is 13.1 Å². The lowest BCUT2D eigenvalue weighted by Gasteiger charge is -2.21. The third-order valence-electron chi connectivity index (χ3n) is 4.74. The van der Waals surface area contributed by atoms with Crippen molar-refractivity contribution in [3.63, 3.8) is 0 Å². The summed E-state index contributed by atoms with van der Waals surface area (Å²) in [5.74, 6) is -0.0744. The predicted octanol–water partition coefficient (Wildman–Crippen LogP) is 2.85. The maximum Gasteiger partial charge on any atom is 0.240 e. The number of hydrogen-bond acceptors (Lipinski definition) is 3. The molecule has 0 saturated heterocycles. The minimum atomic E-state index is -3.58. The molecule has 2 N–H and O–H groups in total. The molecule has 2 aromatic carbocycles. The van der Waals surface area contributed by atoms with Crippen molar-refractivity contribution in [3.8, 4) is 0 Å². The van der Waals surface area contributed by atoms with Gasteiger partial charge in [-0.15, -0.1) is 0 Å². The van der Waals surface area contributed by atoms with Crippen molar-refractivity contribution in [2.24, 2.45) is 0 Å². The van der Waals surface area contributed by atoms with Gasteiger partial charge in [0.15, 0.2) is 0 Å². The highest BCUT2D eigenvalue weighted by atomic mass is 32.2. The molecular formula is C21H25N3O3S. The molecule has 0 radical (unpaired) electrons. The van der Waals surface area contributed by atoms with Gasteiger partial charge in [-0.2, -0.15) is 0 Å². The molecule has 0 fully saturated rings. The Bertz CT molecular complexity index is 1070. The summed E-state index contributed by atoms with van der Waals surface area (Å²) in [4.78, 5) is 17.1. The number of nitrogens with zero attached hydrogens (tertiary/aromatic N) is 1. The van der Waals surface area contributed by atoms with Gasteiger partial charge in [-0.3, -0.25) is 4.79 Å². The number of H-pyrrole nitrogens is 1. The number of carbonyl (C=O) groups is 1. The minimum absolute atomic E-state index is 0.0744. The van der Waals surface area contributed by atoms with Gasteiger partial charge in [0.25, 0.3) is 0 Å². The van der Waals surface area contributed by atoms with Crippen LogP contribution in [-0.2, 0) is 21.2 Å². The predicted molar refractivity (Wildman–Crippen MR) is 111 cm³/mol. The first-order chi connectivity index (χ1) is 13.4. The average molecular weight is 400 g/mol. The van der Waals surface area contributed by atoms with Crippen LogP contribution in [0.5, 0.6) is 0 Å². The SMILES string of the molecule is CC(=O)N(CCNS(=O)(=O)c1cccc(C)c1)CCc1c[nH]c2ccccc12. The van der Waals surface area contributed by atoms with Crippen LogP contribution in [0.3, 0.4) is 0 Å². The Morgan fingerprint density at radius 3 is 2.64 bits per heavy atom. The number of amides is 1. The highest BCUT2D eigenvalue weighted by molar-refractivity contribution is 7.89. The molecular weight excluding hydrogens is 374 g/mol. The van der Waals surface area contributed by atoms with Gasteiger partial charge in [-0.1, -0.05) is 30.3 Å². The molecule has 3 rings (SSSR count). The van der Waals surface area contributed by atoms with Crippen molar-refractivity contribution in [1.29, 1.82) is 0 Å². The standard InChI is InChI=1S/C21H25N3O3S/c1-16-6-5-7-19(14-16)28(26,27)23-11-13-24(17(2)25)12-10-18-15-22-21-9-4-3-8-20(18)21/h3-9,14-15,22-23H,10-13H2,1-2H3. The lowest BCUT2D eigenvalue weighted by atomic mass is 10.1. The Labute approximate surface area is 165 Å². The number of benzene rings is 2. The van der Waals surface area contributed by atoms with E-state index in [1.807, 2.05) is 37.4 Å². The topological polar surface area (TPSA) is 82.3 Å². The van der Waals surface area contributed by atoms with Gasteiger partial charge in [0.1, 0.15) is 0 Å². The van der Waals surface area contributed by atoms with E-state index in [4.69, 9.17) is 0 Å². The third kappa shape index (κ3) is 4.79. The molecule has 0 aliphatic carbocycles. The van der Waals surface area contributed by atoms with Gasteiger partial charge in [0.05, 0.1) is 4.90 Å². The molecule has 0 aliphatic heterocycles. The van der Waals surface area contributed by atoms with Crippen LogP contribution in [0.15, 0.2) is 59.6 Å². The van der Waals surface area contributed by atoms with Crippen LogP contribution in [0.1, 0.15) is 18.1 Å². The number of aryl methyl sites for hydroxylation is 1. The molecule has 0 spiro atoms. The van der Waals surface area contributed by atoms with Gasteiger partial charge in [-0.05, 0) is 42.7 Å². The lowest BCUT2D eigenvalue weighted by Crippen LogP contribution is -2.38. The number of hydrogen-bond donors (Lipinski definition) is 2. The van der Waals surface area contributed by atoms with Crippen LogP contribution in [0, 0.1) is 6.92 Å². The van der Waals surface area contributed by atoms with Gasteiger partial charge >= 0.3 is 0 Å². The van der Waals surface area contributed by atoms with Crippen LogP contribution < -0.4 is 4.72 Å². The maximum atomic E-state index is 12.4. The number of sulfonamides is 1. The van der Waals surface area contributed by atoms with Crippen molar-refractivity contribution >= 4 is 26.8 Å². The molecule has 6 nitrogen and oxygen atoms in total. The first kappa shape index (κ1) is 20.1. The summed E-state index contributed by atoms with van der Waals surface area (Å²) in [6.45, 7) is 4.38. The Balaban J connectivity index is 1.58. The van der Waals surface area contributed by atoms with Crippen LogP contribution in [0.2, 0.25) is 0 Å². The monoisotopic (exact) mass is 399 g/mol. The molecule has 148 valence electrons. The second-order valence-electron chi connectivity index (χ2n) is 6.83.